The Kier molecular flexibility index (Phi) is 14.6. The second kappa shape index (κ2) is 14.6. The molecular weight excluding hydrogens is 565 g/mol. The lowest BCUT2D eigenvalue weighted by Crippen LogP contribution is -2.67. The van der Waals surface area contributed by atoms with E-state index >= 15 is 0 Å². The first-order valence-electron chi connectivity index (χ1n) is 15.7. The zero-order valence-electron chi connectivity index (χ0n) is 29.8. The SMILES string of the molecule is C=C(C)C(=O)OCCC[Si](C)(OC(CC)[Si](C)(C)C)[C@](C)(CC)[C@@](C)(CC)O[Si](C)(C)C(C)(CC)O[Si](C)(C)C. The fraction of sp³-hybridized carbons (Fsp3) is 0.903. The maximum Gasteiger partial charge on any atom is 0.333 e. The minimum absolute atomic E-state index is 0.168. The Morgan fingerprint density at radius 1 is 0.825 bits per heavy atom. The van der Waals surface area contributed by atoms with Gasteiger partial charge in [-0.05, 0) is 98.2 Å². The molecule has 0 aromatic rings. The van der Waals surface area contributed by atoms with E-state index in [2.05, 4.69) is 114 Å². The predicted octanol–water partition coefficient (Wildman–Crippen LogP) is 9.86. The second-order valence-electron chi connectivity index (χ2n) is 15.3. The molecule has 0 aromatic carbocycles. The van der Waals surface area contributed by atoms with Gasteiger partial charge < -0.3 is 18.0 Å². The summed E-state index contributed by atoms with van der Waals surface area (Å²) in [5.74, 6) is -0.313. The van der Waals surface area contributed by atoms with Gasteiger partial charge in [0.2, 0.25) is 8.32 Å². The zero-order valence-corrected chi connectivity index (χ0v) is 33.8. The number of esters is 1. The summed E-state index contributed by atoms with van der Waals surface area (Å²) in [5.41, 5.74) is 0.331. The van der Waals surface area contributed by atoms with Crippen LogP contribution in [0.15, 0.2) is 12.2 Å². The lowest BCUT2D eigenvalue weighted by Gasteiger charge is -2.59. The molecular formula is C31H68O5Si4. The molecule has 238 valence electrons. The highest BCUT2D eigenvalue weighted by Crippen LogP contribution is 2.58. The number of carbonyl (C=O) groups excluding carboxylic acids is 1. The first kappa shape index (κ1) is 40.0. The summed E-state index contributed by atoms with van der Waals surface area (Å²) in [7, 11) is -8.22. The van der Waals surface area contributed by atoms with E-state index in [-0.39, 0.29) is 27.6 Å². The normalized spacial score (nSPS) is 20.0. The van der Waals surface area contributed by atoms with Gasteiger partial charge in [0.1, 0.15) is 0 Å². The molecule has 0 bridgehead atoms. The summed E-state index contributed by atoms with van der Waals surface area (Å²) in [4.78, 5) is 12.1. The van der Waals surface area contributed by atoms with Crippen molar-refractivity contribution >= 4 is 39.0 Å². The molecule has 0 saturated heterocycles. The number of ether oxygens (including phenoxy) is 1. The maximum atomic E-state index is 12.1. The Balaban J connectivity index is 6.77. The predicted molar refractivity (Wildman–Crippen MR) is 184 cm³/mol. The third kappa shape index (κ3) is 9.74. The second-order valence-corrected chi connectivity index (χ2v) is 33.7. The molecule has 0 N–H and O–H groups in total. The van der Waals surface area contributed by atoms with Gasteiger partial charge in [0.05, 0.1) is 25.5 Å². The van der Waals surface area contributed by atoms with Crippen LogP contribution in [0.2, 0.25) is 70.0 Å². The highest BCUT2D eigenvalue weighted by molar-refractivity contribution is 6.81. The van der Waals surface area contributed by atoms with E-state index in [1.807, 2.05) is 0 Å². The highest BCUT2D eigenvalue weighted by atomic mass is 28.4. The summed E-state index contributed by atoms with van der Waals surface area (Å²) < 4.78 is 27.5. The van der Waals surface area contributed by atoms with Gasteiger partial charge in [0, 0.05) is 16.3 Å². The van der Waals surface area contributed by atoms with E-state index in [0.717, 1.165) is 38.1 Å². The van der Waals surface area contributed by atoms with Gasteiger partial charge in [-0.1, -0.05) is 60.8 Å². The lowest BCUT2D eigenvalue weighted by atomic mass is 9.85. The van der Waals surface area contributed by atoms with E-state index in [9.17, 15) is 4.79 Å². The van der Waals surface area contributed by atoms with Crippen molar-refractivity contribution in [2.45, 2.75) is 174 Å². The van der Waals surface area contributed by atoms with Crippen LogP contribution in [0.25, 0.3) is 0 Å². The van der Waals surface area contributed by atoms with Gasteiger partial charge in [-0.3, -0.25) is 0 Å². The minimum atomic E-state index is -2.48. The van der Waals surface area contributed by atoms with E-state index < -0.39 is 33.0 Å². The summed E-state index contributed by atoms with van der Waals surface area (Å²) in [6.45, 7) is 43.2. The van der Waals surface area contributed by atoms with E-state index in [1.165, 1.54) is 0 Å². The topological polar surface area (TPSA) is 54.0 Å². The van der Waals surface area contributed by atoms with Crippen molar-refractivity contribution in [3.05, 3.63) is 12.2 Å². The summed E-state index contributed by atoms with van der Waals surface area (Å²) >= 11 is 0. The average molecular weight is 633 g/mol. The van der Waals surface area contributed by atoms with Crippen molar-refractivity contribution in [3.8, 4) is 0 Å². The molecule has 0 spiro atoms. The molecule has 0 fully saturated rings. The molecule has 0 radical (unpaired) electrons. The van der Waals surface area contributed by atoms with Gasteiger partial charge in [0.25, 0.3) is 0 Å². The first-order valence-corrected chi connectivity index (χ1v) is 28.3. The third-order valence-electron chi connectivity index (χ3n) is 9.80. The van der Waals surface area contributed by atoms with Crippen LogP contribution in [0.1, 0.15) is 87.5 Å². The molecule has 0 rings (SSSR count). The van der Waals surface area contributed by atoms with Crippen molar-refractivity contribution in [1.29, 1.82) is 0 Å². The zero-order chi connectivity index (χ0) is 32.0. The molecule has 9 heteroatoms. The Bertz CT molecular complexity index is 837. The molecule has 40 heavy (non-hydrogen) atoms. The number of rotatable bonds is 19. The Hall–Kier alpha value is -0.0425. The average Bonchev–Trinajstić information content (AvgIpc) is 2.81. The molecule has 0 amide bonds. The van der Waals surface area contributed by atoms with Gasteiger partial charge in [-0.2, -0.15) is 0 Å². The fourth-order valence-electron chi connectivity index (χ4n) is 6.20. The van der Waals surface area contributed by atoms with Crippen molar-refractivity contribution in [2.24, 2.45) is 0 Å². The van der Waals surface area contributed by atoms with Gasteiger partial charge >= 0.3 is 5.97 Å². The van der Waals surface area contributed by atoms with Crippen molar-refractivity contribution in [3.63, 3.8) is 0 Å². The number of carbonyl (C=O) groups is 1. The lowest BCUT2D eigenvalue weighted by molar-refractivity contribution is -0.138. The molecule has 0 aromatic heterocycles. The molecule has 0 heterocycles. The molecule has 3 unspecified atom stereocenters. The van der Waals surface area contributed by atoms with Crippen LogP contribution in [-0.4, -0.2) is 62.2 Å². The smallest absolute Gasteiger partial charge is 0.333 e. The van der Waals surface area contributed by atoms with Crippen LogP contribution < -0.4 is 0 Å². The maximum absolute atomic E-state index is 12.1. The number of hydrogen-bond acceptors (Lipinski definition) is 5. The Morgan fingerprint density at radius 3 is 1.70 bits per heavy atom. The first-order chi connectivity index (χ1) is 17.8. The molecule has 0 aliphatic rings. The third-order valence-corrected chi connectivity index (χ3v) is 23.0. The fourth-order valence-corrected chi connectivity index (χ4v) is 20.3. The molecule has 0 aliphatic carbocycles. The summed E-state index contributed by atoms with van der Waals surface area (Å²) in [6.07, 6.45) is 4.61. The highest BCUT2D eigenvalue weighted by Gasteiger charge is 2.61. The van der Waals surface area contributed by atoms with E-state index in [1.54, 1.807) is 6.92 Å². The van der Waals surface area contributed by atoms with Crippen LogP contribution in [0.4, 0.5) is 0 Å². The molecule has 5 atom stereocenters. The number of hydrogen-bond donors (Lipinski definition) is 0. The van der Waals surface area contributed by atoms with E-state index in [4.69, 9.17) is 18.0 Å². The van der Waals surface area contributed by atoms with Crippen LogP contribution >= 0.6 is 0 Å². The molecule has 0 saturated carbocycles. The summed E-state index contributed by atoms with van der Waals surface area (Å²) in [6, 6.07) is 0.916. The minimum Gasteiger partial charge on any atom is -0.462 e. The van der Waals surface area contributed by atoms with Gasteiger partial charge in [-0.15, -0.1) is 0 Å². The van der Waals surface area contributed by atoms with Crippen LogP contribution in [0.5, 0.6) is 0 Å². The standard InChI is InChI=1S/C31H68O5Si4/c1-19-27(37(10,11)12)34-40(18,25-23-24-33-28(32)26(5)6)30(8,21-3)29(7,20-2)35-39(16,17)31(9,22-4)36-38(13,14)15/h27H,5,19-25H2,1-4,6-18H3/t27?,29-,30-,31?,40?/m1/s1. The van der Waals surface area contributed by atoms with Crippen molar-refractivity contribution < 1.29 is 22.8 Å². The molecule has 5 nitrogen and oxygen atoms in total. The quantitative estimate of drug-likeness (QED) is 0.0614. The Labute approximate surface area is 254 Å². The van der Waals surface area contributed by atoms with Crippen molar-refractivity contribution in [2.75, 3.05) is 6.61 Å². The van der Waals surface area contributed by atoms with Crippen molar-refractivity contribution in [1.82, 2.24) is 0 Å². The largest absolute Gasteiger partial charge is 0.462 e. The summed E-state index contributed by atoms with van der Waals surface area (Å²) in [5, 5.41) is -0.444. The molecule has 0 aliphatic heterocycles. The van der Waals surface area contributed by atoms with Gasteiger partial charge in [0.15, 0.2) is 16.6 Å². The monoisotopic (exact) mass is 632 g/mol. The van der Waals surface area contributed by atoms with Gasteiger partial charge in [-0.25, -0.2) is 4.79 Å². The van der Waals surface area contributed by atoms with Crippen LogP contribution in [0, 0.1) is 0 Å². The Morgan fingerprint density at radius 2 is 1.35 bits per heavy atom. The van der Waals surface area contributed by atoms with Crippen LogP contribution in [-0.2, 0) is 22.8 Å². The van der Waals surface area contributed by atoms with Crippen LogP contribution in [0.3, 0.4) is 0 Å². The van der Waals surface area contributed by atoms with E-state index in [0.29, 0.717) is 12.2 Å².